The normalized spacial score (nSPS) is 15.2. The Morgan fingerprint density at radius 3 is 2.20 bits per heavy atom. The molecule has 0 bridgehead atoms. The van der Waals surface area contributed by atoms with Crippen molar-refractivity contribution in [2.45, 2.75) is 59.3 Å². The van der Waals surface area contributed by atoms with Gasteiger partial charge >= 0.3 is 0 Å². The van der Waals surface area contributed by atoms with Gasteiger partial charge in [0.15, 0.2) is 0 Å². The van der Waals surface area contributed by atoms with Crippen LogP contribution in [0.5, 0.6) is 0 Å². The van der Waals surface area contributed by atoms with Crippen LogP contribution in [0.4, 0.5) is 0 Å². The Bertz CT molecular complexity index is 138. The molecule has 2 N–H and O–H groups in total. The molecule has 92 valence electrons. The average molecular weight is 215 g/mol. The number of nitrogens with two attached hydrogens (primary N) is 1. The molecule has 2 heteroatoms. The third-order valence-electron chi connectivity index (χ3n) is 3.03. The van der Waals surface area contributed by atoms with Gasteiger partial charge in [0, 0.05) is 18.6 Å². The minimum atomic E-state index is 0.250. The van der Waals surface area contributed by atoms with Crippen LogP contribution in [0.25, 0.3) is 0 Å². The van der Waals surface area contributed by atoms with Crippen LogP contribution in [0.1, 0.15) is 59.3 Å². The molecule has 0 aromatic heterocycles. The van der Waals surface area contributed by atoms with Crippen molar-refractivity contribution < 1.29 is 4.74 Å². The Morgan fingerprint density at radius 2 is 1.73 bits per heavy atom. The van der Waals surface area contributed by atoms with Crippen molar-refractivity contribution in [2.75, 3.05) is 19.8 Å². The molecule has 0 rings (SSSR count). The largest absolute Gasteiger partial charge is 0.381 e. The fraction of sp³-hybridized carbons (Fsp3) is 1.00. The van der Waals surface area contributed by atoms with Crippen molar-refractivity contribution in [3.8, 4) is 0 Å². The monoisotopic (exact) mass is 215 g/mol. The van der Waals surface area contributed by atoms with Crippen LogP contribution in [0.2, 0.25) is 0 Å². The summed E-state index contributed by atoms with van der Waals surface area (Å²) in [6.45, 7) is 9.11. The molecule has 2 nitrogen and oxygen atoms in total. The van der Waals surface area contributed by atoms with Gasteiger partial charge in [-0.25, -0.2) is 0 Å². The molecule has 0 fully saturated rings. The average Bonchev–Trinajstić information content (AvgIpc) is 2.26. The summed E-state index contributed by atoms with van der Waals surface area (Å²) in [6, 6.07) is 0. The maximum Gasteiger partial charge on any atom is 0.0534 e. The molecule has 0 spiro atoms. The number of rotatable bonds is 10. The lowest BCUT2D eigenvalue weighted by atomic mass is 9.79. The lowest BCUT2D eigenvalue weighted by Crippen LogP contribution is -2.35. The van der Waals surface area contributed by atoms with Gasteiger partial charge in [0.25, 0.3) is 0 Å². The maximum atomic E-state index is 5.94. The molecule has 0 aromatic rings. The number of hydrogen-bond acceptors (Lipinski definition) is 2. The van der Waals surface area contributed by atoms with E-state index in [0.29, 0.717) is 0 Å². The Morgan fingerprint density at radius 1 is 1.00 bits per heavy atom. The van der Waals surface area contributed by atoms with Crippen molar-refractivity contribution in [2.24, 2.45) is 11.1 Å². The smallest absolute Gasteiger partial charge is 0.0534 e. The van der Waals surface area contributed by atoms with E-state index in [1.807, 2.05) is 0 Å². The van der Waals surface area contributed by atoms with E-state index in [-0.39, 0.29) is 5.41 Å². The summed E-state index contributed by atoms with van der Waals surface area (Å²) in [7, 11) is 0. The first kappa shape index (κ1) is 14.9. The fourth-order valence-corrected chi connectivity index (χ4v) is 2.05. The van der Waals surface area contributed by atoms with Crippen LogP contribution in [-0.2, 0) is 4.74 Å². The van der Waals surface area contributed by atoms with E-state index < -0.39 is 0 Å². The van der Waals surface area contributed by atoms with Crippen molar-refractivity contribution in [1.29, 1.82) is 0 Å². The molecular formula is C13H29NO. The summed E-state index contributed by atoms with van der Waals surface area (Å²) in [5.41, 5.74) is 6.19. The first-order chi connectivity index (χ1) is 7.24. The topological polar surface area (TPSA) is 35.2 Å². The van der Waals surface area contributed by atoms with Gasteiger partial charge in [-0.15, -0.1) is 0 Å². The summed E-state index contributed by atoms with van der Waals surface area (Å²) in [5, 5.41) is 0. The van der Waals surface area contributed by atoms with Crippen LogP contribution in [0.3, 0.4) is 0 Å². The van der Waals surface area contributed by atoms with Crippen LogP contribution in [0, 0.1) is 5.41 Å². The first-order valence-electron chi connectivity index (χ1n) is 6.52. The van der Waals surface area contributed by atoms with Gasteiger partial charge in [-0.3, -0.25) is 0 Å². The lowest BCUT2D eigenvalue weighted by molar-refractivity contribution is 0.0356. The van der Waals surface area contributed by atoms with Gasteiger partial charge in [0.1, 0.15) is 0 Å². The van der Waals surface area contributed by atoms with E-state index >= 15 is 0 Å². The third-order valence-corrected chi connectivity index (χ3v) is 3.03. The highest BCUT2D eigenvalue weighted by atomic mass is 16.5. The Labute approximate surface area is 95.6 Å². The second-order valence-electron chi connectivity index (χ2n) is 4.61. The molecule has 1 unspecified atom stereocenters. The number of unbranched alkanes of at least 4 members (excludes halogenated alkanes) is 1. The highest BCUT2D eigenvalue weighted by molar-refractivity contribution is 4.79. The molecule has 0 amide bonds. The zero-order chi connectivity index (χ0) is 11.6. The summed E-state index contributed by atoms with van der Waals surface area (Å²) in [6.07, 6.45) is 7.24. The molecule has 0 radical (unpaired) electrons. The summed E-state index contributed by atoms with van der Waals surface area (Å²) in [4.78, 5) is 0. The lowest BCUT2D eigenvalue weighted by Gasteiger charge is -2.32. The van der Waals surface area contributed by atoms with Gasteiger partial charge in [-0.1, -0.05) is 40.0 Å². The van der Waals surface area contributed by atoms with Crippen molar-refractivity contribution in [3.05, 3.63) is 0 Å². The van der Waals surface area contributed by atoms with E-state index in [1.54, 1.807) is 0 Å². The Balaban J connectivity index is 4.09. The Hall–Kier alpha value is -0.0800. The molecule has 0 saturated carbocycles. The van der Waals surface area contributed by atoms with E-state index in [4.69, 9.17) is 10.5 Å². The summed E-state index contributed by atoms with van der Waals surface area (Å²) >= 11 is 0. The zero-order valence-corrected chi connectivity index (χ0v) is 10.8. The van der Waals surface area contributed by atoms with E-state index in [1.165, 1.54) is 32.1 Å². The maximum absolute atomic E-state index is 5.94. The third kappa shape index (κ3) is 6.16. The number of hydrogen-bond donors (Lipinski definition) is 1. The predicted octanol–water partition coefficient (Wildman–Crippen LogP) is 3.35. The molecule has 0 aliphatic heterocycles. The molecule has 0 aromatic carbocycles. The minimum absolute atomic E-state index is 0.250. The quantitative estimate of drug-likeness (QED) is 0.567. The molecule has 0 aliphatic carbocycles. The summed E-state index contributed by atoms with van der Waals surface area (Å²) in [5.74, 6) is 0. The van der Waals surface area contributed by atoms with Gasteiger partial charge in [-0.2, -0.15) is 0 Å². The molecule has 15 heavy (non-hydrogen) atoms. The number of ether oxygens (including phenoxy) is 1. The first-order valence-corrected chi connectivity index (χ1v) is 6.52. The minimum Gasteiger partial charge on any atom is -0.381 e. The van der Waals surface area contributed by atoms with Crippen molar-refractivity contribution in [1.82, 2.24) is 0 Å². The highest BCUT2D eigenvalue weighted by Crippen LogP contribution is 2.29. The van der Waals surface area contributed by atoms with E-state index in [9.17, 15) is 0 Å². The van der Waals surface area contributed by atoms with Crippen LogP contribution >= 0.6 is 0 Å². The Kier molecular flexibility index (Phi) is 9.12. The van der Waals surface area contributed by atoms with Gasteiger partial charge in [0.2, 0.25) is 0 Å². The van der Waals surface area contributed by atoms with Crippen LogP contribution in [-0.4, -0.2) is 19.8 Å². The SMILES string of the molecule is CCCCC(CN)(CCC)COCCC. The molecule has 1 atom stereocenters. The summed E-state index contributed by atoms with van der Waals surface area (Å²) < 4.78 is 5.71. The van der Waals surface area contributed by atoms with Crippen molar-refractivity contribution >= 4 is 0 Å². The van der Waals surface area contributed by atoms with Crippen LogP contribution in [0.15, 0.2) is 0 Å². The van der Waals surface area contributed by atoms with Crippen molar-refractivity contribution in [3.63, 3.8) is 0 Å². The molecular weight excluding hydrogens is 186 g/mol. The zero-order valence-electron chi connectivity index (χ0n) is 10.8. The van der Waals surface area contributed by atoms with Crippen LogP contribution < -0.4 is 5.73 Å². The molecule has 0 aliphatic rings. The van der Waals surface area contributed by atoms with E-state index in [2.05, 4.69) is 20.8 Å². The fourth-order valence-electron chi connectivity index (χ4n) is 2.05. The second-order valence-corrected chi connectivity index (χ2v) is 4.61. The predicted molar refractivity (Wildman–Crippen MR) is 67.0 cm³/mol. The standard InChI is InChI=1S/C13H29NO/c1-4-7-9-13(11-14,8-5-2)12-15-10-6-3/h4-12,14H2,1-3H3. The molecule has 0 saturated heterocycles. The van der Waals surface area contributed by atoms with Gasteiger partial charge < -0.3 is 10.5 Å². The van der Waals surface area contributed by atoms with E-state index in [0.717, 1.165) is 26.2 Å². The second kappa shape index (κ2) is 9.17. The van der Waals surface area contributed by atoms with Gasteiger partial charge in [0.05, 0.1) is 6.61 Å². The molecule has 0 heterocycles. The van der Waals surface area contributed by atoms with Gasteiger partial charge in [-0.05, 0) is 19.3 Å². The highest BCUT2D eigenvalue weighted by Gasteiger charge is 2.27.